The van der Waals surface area contributed by atoms with Crippen LogP contribution in [0.15, 0.2) is 32.9 Å². The van der Waals surface area contributed by atoms with Crippen LogP contribution in [0, 0.1) is 0 Å². The summed E-state index contributed by atoms with van der Waals surface area (Å²) < 4.78 is 27.6. The summed E-state index contributed by atoms with van der Waals surface area (Å²) in [6, 6.07) is 6.47. The number of sulfonamides is 1. The van der Waals surface area contributed by atoms with Crippen molar-refractivity contribution in [1.82, 2.24) is 20.4 Å². The fourth-order valence-corrected chi connectivity index (χ4v) is 6.16. The Morgan fingerprint density at radius 1 is 1.11 bits per heavy atom. The van der Waals surface area contributed by atoms with Crippen molar-refractivity contribution in [2.75, 3.05) is 10.0 Å². The predicted molar refractivity (Wildman–Crippen MR) is 111 cm³/mol. The molecule has 0 aliphatic carbocycles. The zero-order valence-corrected chi connectivity index (χ0v) is 18.4. The number of nitrogens with one attached hydrogen (secondary N) is 2. The van der Waals surface area contributed by atoms with Crippen molar-refractivity contribution in [2.24, 2.45) is 0 Å². The molecule has 0 saturated carbocycles. The van der Waals surface area contributed by atoms with Gasteiger partial charge < -0.3 is 0 Å². The van der Waals surface area contributed by atoms with Crippen LogP contribution in [-0.4, -0.2) is 40.0 Å². The molecule has 0 aliphatic heterocycles. The van der Waals surface area contributed by atoms with Gasteiger partial charge in [-0.25, -0.2) is 0 Å². The van der Waals surface area contributed by atoms with Gasteiger partial charge in [-0.3, -0.25) is 14.8 Å². The zero-order chi connectivity index (χ0) is 20.3. The lowest BCUT2D eigenvalue weighted by Crippen LogP contribution is -2.12. The Morgan fingerprint density at radius 2 is 1.82 bits per heavy atom. The van der Waals surface area contributed by atoms with Crippen LogP contribution in [0.3, 0.4) is 0 Å². The van der Waals surface area contributed by atoms with Crippen molar-refractivity contribution >= 4 is 72.2 Å². The number of nitrogens with zero attached hydrogens (tertiary/aromatic N) is 4. The third kappa shape index (κ3) is 5.17. The van der Waals surface area contributed by atoms with Gasteiger partial charge in [-0.2, -0.15) is 8.42 Å². The van der Waals surface area contributed by atoms with E-state index in [1.54, 1.807) is 24.3 Å². The Labute approximate surface area is 178 Å². The Hall–Kier alpha value is -1.80. The summed E-state index contributed by atoms with van der Waals surface area (Å²) in [6.45, 7) is 3.99. The third-order valence-corrected chi connectivity index (χ3v) is 7.87. The first-order chi connectivity index (χ1) is 13.2. The second kappa shape index (κ2) is 8.69. The molecular formula is C14H13ClN6O3S4. The fraction of sp³-hybridized carbons (Fsp3) is 0.214. The van der Waals surface area contributed by atoms with Gasteiger partial charge in [0.25, 0.3) is 20.3 Å². The van der Waals surface area contributed by atoms with Crippen molar-refractivity contribution in [2.45, 2.75) is 27.8 Å². The monoisotopic (exact) mass is 476 g/mol. The molecule has 0 aliphatic rings. The topological polar surface area (TPSA) is 127 Å². The maximum atomic E-state index is 12.5. The van der Waals surface area contributed by atoms with Crippen LogP contribution < -0.4 is 10.0 Å². The minimum atomic E-state index is -4.00. The van der Waals surface area contributed by atoms with Crippen LogP contribution in [0.2, 0.25) is 5.02 Å². The molecule has 9 nitrogen and oxygen atoms in total. The lowest BCUT2D eigenvalue weighted by molar-refractivity contribution is 0.102. The van der Waals surface area contributed by atoms with E-state index in [0.29, 0.717) is 20.9 Å². The summed E-state index contributed by atoms with van der Waals surface area (Å²) in [7, 11) is -4.00. The Morgan fingerprint density at radius 3 is 2.54 bits per heavy atom. The van der Waals surface area contributed by atoms with Crippen LogP contribution in [0.25, 0.3) is 0 Å². The van der Waals surface area contributed by atoms with Crippen LogP contribution >= 0.6 is 46.0 Å². The van der Waals surface area contributed by atoms with Gasteiger partial charge in [0.15, 0.2) is 4.34 Å². The van der Waals surface area contributed by atoms with Gasteiger partial charge in [-0.05, 0) is 12.1 Å². The normalized spacial score (nSPS) is 11.6. The lowest BCUT2D eigenvalue weighted by atomic mass is 10.2. The molecule has 28 heavy (non-hydrogen) atoms. The van der Waals surface area contributed by atoms with Crippen molar-refractivity contribution in [3.63, 3.8) is 0 Å². The summed E-state index contributed by atoms with van der Waals surface area (Å²) in [5, 5.41) is 18.3. The number of aromatic nitrogens is 4. The standard InChI is InChI=1S/C14H13ClN6O3S4/c1-7(2)25-13-19-18-12(26-13)21-28(23,24)14-20-17-11(27-14)16-10(22)8-5-3-4-6-9(8)15/h3-7H,1-2H3,(H,18,21)(H,16,17,22). The van der Waals surface area contributed by atoms with Crippen molar-refractivity contribution in [1.29, 1.82) is 0 Å². The molecule has 0 radical (unpaired) electrons. The number of anilines is 2. The molecule has 3 rings (SSSR count). The SMILES string of the molecule is CC(C)Sc1nnc(NS(=O)(=O)c2nnc(NC(=O)c3ccccc3Cl)s2)s1. The summed E-state index contributed by atoms with van der Waals surface area (Å²) in [5.74, 6) is -0.516. The molecule has 0 fully saturated rings. The molecule has 14 heteroatoms. The van der Waals surface area contributed by atoms with Gasteiger partial charge in [0.1, 0.15) is 0 Å². The smallest absolute Gasteiger partial charge is 0.293 e. The van der Waals surface area contributed by atoms with Gasteiger partial charge in [-0.15, -0.1) is 20.4 Å². The molecule has 0 unspecified atom stereocenters. The van der Waals surface area contributed by atoms with E-state index in [2.05, 4.69) is 30.4 Å². The van der Waals surface area contributed by atoms with Gasteiger partial charge >= 0.3 is 0 Å². The zero-order valence-electron chi connectivity index (χ0n) is 14.4. The molecule has 0 atom stereocenters. The number of hydrogen-bond acceptors (Lipinski definition) is 10. The average molecular weight is 477 g/mol. The number of rotatable bonds is 7. The first kappa shape index (κ1) is 20.9. The first-order valence-electron chi connectivity index (χ1n) is 7.67. The number of halogens is 1. The quantitative estimate of drug-likeness (QED) is 0.391. The molecular weight excluding hydrogens is 464 g/mol. The van der Waals surface area contributed by atoms with Crippen LogP contribution in [0.5, 0.6) is 0 Å². The van der Waals surface area contributed by atoms with E-state index in [4.69, 9.17) is 11.6 Å². The summed E-state index contributed by atoms with van der Waals surface area (Å²) in [6.07, 6.45) is 0. The van der Waals surface area contributed by atoms with Crippen molar-refractivity contribution < 1.29 is 13.2 Å². The molecule has 2 heterocycles. The minimum absolute atomic E-state index is 0.0265. The van der Waals surface area contributed by atoms with E-state index >= 15 is 0 Å². The van der Waals surface area contributed by atoms with Gasteiger partial charge in [0.2, 0.25) is 10.3 Å². The molecule has 3 aromatic rings. The molecule has 2 N–H and O–H groups in total. The fourth-order valence-electron chi connectivity index (χ4n) is 1.84. The number of amides is 1. The summed E-state index contributed by atoms with van der Waals surface area (Å²) in [5.41, 5.74) is 0.242. The van der Waals surface area contributed by atoms with E-state index in [-0.39, 0.29) is 25.2 Å². The van der Waals surface area contributed by atoms with E-state index in [1.165, 1.54) is 11.8 Å². The number of hydrogen-bond donors (Lipinski definition) is 2. The molecule has 1 amide bonds. The number of benzene rings is 1. The maximum Gasteiger partial charge on any atom is 0.293 e. The van der Waals surface area contributed by atoms with Crippen LogP contribution in [0.4, 0.5) is 10.3 Å². The number of carbonyl (C=O) groups excluding carboxylic acids is 1. The third-order valence-electron chi connectivity index (χ3n) is 2.94. The highest BCUT2D eigenvalue weighted by molar-refractivity contribution is 8.01. The molecule has 2 aromatic heterocycles. The summed E-state index contributed by atoms with van der Waals surface area (Å²) in [4.78, 5) is 12.2. The molecule has 0 bridgehead atoms. The van der Waals surface area contributed by atoms with Crippen LogP contribution in [0.1, 0.15) is 24.2 Å². The second-order valence-corrected chi connectivity index (χ2v) is 11.5. The first-order valence-corrected chi connectivity index (χ1v) is 12.0. The number of carbonyl (C=O) groups is 1. The summed E-state index contributed by atoms with van der Waals surface area (Å²) >= 11 is 9.28. The minimum Gasteiger partial charge on any atom is -0.296 e. The van der Waals surface area contributed by atoms with Gasteiger partial charge in [0, 0.05) is 5.25 Å². The highest BCUT2D eigenvalue weighted by atomic mass is 35.5. The van der Waals surface area contributed by atoms with Gasteiger partial charge in [0.05, 0.1) is 10.6 Å². The Bertz CT molecular complexity index is 1100. The molecule has 0 saturated heterocycles. The van der Waals surface area contributed by atoms with Crippen molar-refractivity contribution in [3.8, 4) is 0 Å². The highest BCUT2D eigenvalue weighted by Crippen LogP contribution is 2.30. The predicted octanol–water partition coefficient (Wildman–Crippen LogP) is 3.60. The van der Waals surface area contributed by atoms with Crippen LogP contribution in [-0.2, 0) is 10.0 Å². The Kier molecular flexibility index (Phi) is 6.50. The van der Waals surface area contributed by atoms with Crippen molar-refractivity contribution in [3.05, 3.63) is 34.9 Å². The van der Waals surface area contributed by atoms with Gasteiger partial charge in [-0.1, -0.05) is 72.0 Å². The van der Waals surface area contributed by atoms with E-state index < -0.39 is 15.9 Å². The lowest BCUT2D eigenvalue weighted by Gasteiger charge is -2.02. The second-order valence-electron chi connectivity index (χ2n) is 5.45. The molecule has 0 spiro atoms. The average Bonchev–Trinajstić information content (AvgIpc) is 3.24. The largest absolute Gasteiger partial charge is 0.296 e. The molecule has 1 aromatic carbocycles. The van der Waals surface area contributed by atoms with E-state index in [1.807, 2.05) is 13.8 Å². The highest BCUT2D eigenvalue weighted by Gasteiger charge is 2.23. The van der Waals surface area contributed by atoms with E-state index in [0.717, 1.165) is 11.3 Å². The molecule has 148 valence electrons. The Balaban J connectivity index is 1.71. The maximum absolute atomic E-state index is 12.5. The number of thioether (sulfide) groups is 1. The van der Waals surface area contributed by atoms with E-state index in [9.17, 15) is 13.2 Å².